The third-order valence-corrected chi connectivity index (χ3v) is 4.39. The predicted molar refractivity (Wildman–Crippen MR) is 93.0 cm³/mol. The second-order valence-corrected chi connectivity index (χ2v) is 6.26. The molecule has 2 aromatic heterocycles. The van der Waals surface area contributed by atoms with E-state index in [-0.39, 0.29) is 12.2 Å². The quantitative estimate of drug-likeness (QED) is 0.718. The van der Waals surface area contributed by atoms with Gasteiger partial charge in [-0.15, -0.1) is 0 Å². The van der Waals surface area contributed by atoms with Gasteiger partial charge in [0.2, 0.25) is 5.88 Å². The molecule has 3 aromatic rings. The highest BCUT2D eigenvalue weighted by Crippen LogP contribution is 2.30. The van der Waals surface area contributed by atoms with Crippen LogP contribution in [-0.4, -0.2) is 24.5 Å². The van der Waals surface area contributed by atoms with Crippen molar-refractivity contribution in [1.29, 1.82) is 0 Å². The molecule has 128 valence electrons. The van der Waals surface area contributed by atoms with Gasteiger partial charge < -0.3 is 9.15 Å². The van der Waals surface area contributed by atoms with Gasteiger partial charge in [-0.05, 0) is 40.2 Å². The monoisotopic (exact) mass is 405 g/mol. The van der Waals surface area contributed by atoms with Gasteiger partial charge >= 0.3 is 0 Å². The summed E-state index contributed by atoms with van der Waals surface area (Å²) in [6.07, 6.45) is 0. The highest BCUT2D eigenvalue weighted by atomic mass is 79.9. The van der Waals surface area contributed by atoms with Gasteiger partial charge in [-0.2, -0.15) is 0 Å². The molecule has 0 amide bonds. The van der Waals surface area contributed by atoms with E-state index in [4.69, 9.17) is 14.0 Å². The van der Waals surface area contributed by atoms with Gasteiger partial charge in [0.05, 0.1) is 11.6 Å². The number of amidine groups is 1. The minimum Gasteiger partial charge on any atom is -0.480 e. The van der Waals surface area contributed by atoms with Crippen molar-refractivity contribution in [2.24, 2.45) is 4.99 Å². The molecule has 0 aliphatic carbocycles. The summed E-state index contributed by atoms with van der Waals surface area (Å²) in [6.45, 7) is 0.263. The molecule has 25 heavy (non-hydrogen) atoms. The second kappa shape index (κ2) is 6.45. The number of hydroxylamine groups is 1. The average Bonchev–Trinajstić information content (AvgIpc) is 3.08. The number of rotatable bonds is 3. The average molecular weight is 406 g/mol. The topological polar surface area (TPSA) is 68.9 Å². The van der Waals surface area contributed by atoms with Crippen molar-refractivity contribution in [3.63, 3.8) is 0 Å². The SMILES string of the molecule is COc1nc(C2=NC(c3cc4cccc(F)c4o3)CON2)ccc1Br. The molecule has 1 N–H and O–H groups in total. The van der Waals surface area contributed by atoms with Gasteiger partial charge in [0.25, 0.3) is 0 Å². The minimum absolute atomic E-state index is 0.219. The Hall–Kier alpha value is -2.45. The normalized spacial score (nSPS) is 17.2. The first-order valence-electron chi connectivity index (χ1n) is 7.50. The minimum atomic E-state index is -0.403. The lowest BCUT2D eigenvalue weighted by Crippen LogP contribution is -2.33. The number of halogens is 2. The number of aliphatic imine (C=N–C) groups is 1. The lowest BCUT2D eigenvalue weighted by Gasteiger charge is -2.20. The summed E-state index contributed by atoms with van der Waals surface area (Å²) in [4.78, 5) is 14.4. The molecule has 3 heterocycles. The van der Waals surface area contributed by atoms with E-state index in [0.29, 0.717) is 28.6 Å². The predicted octanol–water partition coefficient (Wildman–Crippen LogP) is 3.76. The zero-order valence-corrected chi connectivity index (χ0v) is 14.7. The van der Waals surface area contributed by atoms with E-state index >= 15 is 0 Å². The van der Waals surface area contributed by atoms with Crippen LogP contribution in [0.5, 0.6) is 5.88 Å². The molecule has 8 heteroatoms. The van der Waals surface area contributed by atoms with Gasteiger partial charge in [-0.25, -0.2) is 14.9 Å². The molecule has 0 saturated heterocycles. The van der Waals surface area contributed by atoms with Crippen molar-refractivity contribution in [2.45, 2.75) is 6.04 Å². The van der Waals surface area contributed by atoms with Crippen LogP contribution in [0.4, 0.5) is 4.39 Å². The smallest absolute Gasteiger partial charge is 0.228 e. The molecular weight excluding hydrogens is 393 g/mol. The first-order chi connectivity index (χ1) is 12.2. The van der Waals surface area contributed by atoms with E-state index in [0.717, 1.165) is 4.47 Å². The molecule has 1 unspecified atom stereocenters. The number of fused-ring (bicyclic) bond motifs is 1. The Morgan fingerprint density at radius 3 is 3.00 bits per heavy atom. The first kappa shape index (κ1) is 16.0. The zero-order chi connectivity index (χ0) is 17.4. The molecule has 0 fully saturated rings. The van der Waals surface area contributed by atoms with Gasteiger partial charge in [-0.1, -0.05) is 12.1 Å². The number of furan rings is 1. The molecule has 6 nitrogen and oxygen atoms in total. The molecule has 0 radical (unpaired) electrons. The molecule has 0 saturated carbocycles. The van der Waals surface area contributed by atoms with Crippen LogP contribution in [0.15, 0.2) is 50.3 Å². The maximum atomic E-state index is 13.8. The van der Waals surface area contributed by atoms with Crippen LogP contribution in [0.3, 0.4) is 0 Å². The van der Waals surface area contributed by atoms with Gasteiger partial charge in [0.1, 0.15) is 24.1 Å². The fourth-order valence-corrected chi connectivity index (χ4v) is 2.97. The number of nitrogens with zero attached hydrogens (tertiary/aromatic N) is 2. The van der Waals surface area contributed by atoms with Gasteiger partial charge in [-0.3, -0.25) is 9.83 Å². The number of para-hydroxylation sites is 1. The van der Waals surface area contributed by atoms with Crippen LogP contribution in [0.2, 0.25) is 0 Å². The van der Waals surface area contributed by atoms with Crippen LogP contribution >= 0.6 is 15.9 Å². The molecule has 1 atom stereocenters. The summed E-state index contributed by atoms with van der Waals surface area (Å²) < 4.78 is 25.4. The standard InChI is InChI=1S/C17H13BrFN3O3/c1-23-17-10(18)5-6-12(21-17)16-20-13(8-24-22-16)14-7-9-3-2-4-11(19)15(9)25-14/h2-7,13H,8H2,1H3,(H,20,22). The summed E-state index contributed by atoms with van der Waals surface area (Å²) in [5.41, 5.74) is 3.53. The summed E-state index contributed by atoms with van der Waals surface area (Å²) >= 11 is 3.36. The number of ether oxygens (including phenoxy) is 1. The van der Waals surface area contributed by atoms with E-state index in [1.54, 1.807) is 24.3 Å². The van der Waals surface area contributed by atoms with Crippen LogP contribution in [0.25, 0.3) is 11.0 Å². The Morgan fingerprint density at radius 1 is 1.32 bits per heavy atom. The van der Waals surface area contributed by atoms with E-state index in [2.05, 4.69) is 31.4 Å². The highest BCUT2D eigenvalue weighted by Gasteiger charge is 2.23. The number of aromatic nitrogens is 1. The summed E-state index contributed by atoms with van der Waals surface area (Å²) in [5.74, 6) is 1.02. The fraction of sp³-hybridized carbons (Fsp3) is 0.176. The molecule has 4 rings (SSSR count). The Labute approximate surface area is 150 Å². The lowest BCUT2D eigenvalue weighted by molar-refractivity contribution is 0.0580. The number of hydrogen-bond donors (Lipinski definition) is 1. The number of methoxy groups -OCH3 is 1. The van der Waals surface area contributed by atoms with Gasteiger partial charge in [0, 0.05) is 5.39 Å². The second-order valence-electron chi connectivity index (χ2n) is 5.40. The van der Waals surface area contributed by atoms with Crippen LogP contribution in [0.1, 0.15) is 17.5 Å². The number of benzene rings is 1. The molecular formula is C17H13BrFN3O3. The van der Waals surface area contributed by atoms with Crippen LogP contribution in [0, 0.1) is 5.82 Å². The van der Waals surface area contributed by atoms with Crippen molar-refractivity contribution in [1.82, 2.24) is 10.5 Å². The molecule has 1 aromatic carbocycles. The van der Waals surface area contributed by atoms with E-state index in [1.807, 2.05) is 6.07 Å². The van der Waals surface area contributed by atoms with Crippen molar-refractivity contribution in [2.75, 3.05) is 13.7 Å². The summed E-state index contributed by atoms with van der Waals surface area (Å²) in [7, 11) is 1.54. The molecule has 1 aliphatic heterocycles. The first-order valence-corrected chi connectivity index (χ1v) is 8.29. The van der Waals surface area contributed by atoms with Crippen molar-refractivity contribution in [3.05, 3.63) is 58.1 Å². The van der Waals surface area contributed by atoms with E-state index < -0.39 is 11.9 Å². The highest BCUT2D eigenvalue weighted by molar-refractivity contribution is 9.10. The third-order valence-electron chi connectivity index (χ3n) is 3.79. The number of pyridine rings is 1. The third kappa shape index (κ3) is 2.98. The maximum absolute atomic E-state index is 13.8. The summed E-state index contributed by atoms with van der Waals surface area (Å²) in [5, 5.41) is 0.689. The van der Waals surface area contributed by atoms with Gasteiger partial charge in [0.15, 0.2) is 17.2 Å². The van der Waals surface area contributed by atoms with Crippen molar-refractivity contribution >= 4 is 32.7 Å². The molecule has 1 aliphatic rings. The Balaban J connectivity index is 1.71. The fourth-order valence-electron chi connectivity index (χ4n) is 2.58. The Bertz CT molecular complexity index is 973. The Morgan fingerprint density at radius 2 is 2.20 bits per heavy atom. The van der Waals surface area contributed by atoms with E-state index in [9.17, 15) is 4.39 Å². The Kier molecular flexibility index (Phi) is 4.14. The van der Waals surface area contributed by atoms with Crippen molar-refractivity contribution in [3.8, 4) is 5.88 Å². The number of nitrogens with one attached hydrogen (secondary N) is 1. The zero-order valence-electron chi connectivity index (χ0n) is 13.1. The molecule has 0 spiro atoms. The van der Waals surface area contributed by atoms with Crippen molar-refractivity contribution < 1.29 is 18.4 Å². The van der Waals surface area contributed by atoms with Crippen LogP contribution < -0.4 is 10.2 Å². The lowest BCUT2D eigenvalue weighted by atomic mass is 10.2. The van der Waals surface area contributed by atoms with E-state index in [1.165, 1.54) is 13.2 Å². The largest absolute Gasteiger partial charge is 0.480 e. The summed E-state index contributed by atoms with van der Waals surface area (Å²) in [6, 6.07) is 9.75. The maximum Gasteiger partial charge on any atom is 0.228 e. The van der Waals surface area contributed by atoms with Crippen LogP contribution in [-0.2, 0) is 4.84 Å². The molecule has 0 bridgehead atoms. The number of hydrogen-bond acceptors (Lipinski definition) is 6.